The third kappa shape index (κ3) is 6.42. The third-order valence-corrected chi connectivity index (χ3v) is 6.64. The maximum Gasteiger partial charge on any atom is 0.193 e. The van der Waals surface area contributed by atoms with Crippen LogP contribution in [0.25, 0.3) is 0 Å². The van der Waals surface area contributed by atoms with Gasteiger partial charge in [-0.2, -0.15) is 0 Å². The Hall–Kier alpha value is -1.18. The van der Waals surface area contributed by atoms with Crippen molar-refractivity contribution in [3.8, 4) is 0 Å². The fourth-order valence-corrected chi connectivity index (χ4v) is 4.89. The predicted octanol–water partition coefficient (Wildman–Crippen LogP) is 2.51. The smallest absolute Gasteiger partial charge is 0.193 e. The van der Waals surface area contributed by atoms with E-state index in [4.69, 9.17) is 0 Å². The van der Waals surface area contributed by atoms with Crippen LogP contribution in [0.15, 0.2) is 10.4 Å². The average molecular weight is 407 g/mol. The Bertz CT molecular complexity index is 612. The van der Waals surface area contributed by atoms with Gasteiger partial charge in [-0.1, -0.05) is 13.8 Å². The van der Waals surface area contributed by atoms with Gasteiger partial charge in [-0.25, -0.2) is 4.98 Å². The number of piperazine rings is 1. The van der Waals surface area contributed by atoms with Gasteiger partial charge < -0.3 is 10.2 Å². The summed E-state index contributed by atoms with van der Waals surface area (Å²) in [6, 6.07) is 0. The van der Waals surface area contributed by atoms with Gasteiger partial charge >= 0.3 is 0 Å². The molecule has 0 atom stereocenters. The lowest BCUT2D eigenvalue weighted by Crippen LogP contribution is -2.53. The lowest BCUT2D eigenvalue weighted by Gasteiger charge is -2.38. The van der Waals surface area contributed by atoms with E-state index < -0.39 is 0 Å². The van der Waals surface area contributed by atoms with Gasteiger partial charge in [0.05, 0.1) is 10.7 Å². The molecule has 1 N–H and O–H groups in total. The number of piperidine rings is 1. The molecule has 0 radical (unpaired) electrons. The summed E-state index contributed by atoms with van der Waals surface area (Å²) < 4.78 is 0. The normalized spacial score (nSPS) is 20.9. The van der Waals surface area contributed by atoms with Crippen LogP contribution in [0.5, 0.6) is 0 Å². The molecule has 0 bridgehead atoms. The highest BCUT2D eigenvalue weighted by Gasteiger charge is 2.23. The molecule has 6 nitrogen and oxygen atoms in total. The van der Waals surface area contributed by atoms with Crippen molar-refractivity contribution in [3.05, 3.63) is 16.1 Å². The number of likely N-dealkylation sites (tertiary alicyclic amines) is 1. The zero-order chi connectivity index (χ0) is 19.9. The number of rotatable bonds is 6. The fourth-order valence-electron chi connectivity index (χ4n) is 4.29. The third-order valence-electron chi connectivity index (χ3n) is 5.82. The average Bonchev–Trinajstić information content (AvgIpc) is 3.09. The monoisotopic (exact) mass is 406 g/mol. The number of hydrogen-bond donors (Lipinski definition) is 1. The van der Waals surface area contributed by atoms with Gasteiger partial charge in [-0.15, -0.1) is 11.3 Å². The lowest BCUT2D eigenvalue weighted by molar-refractivity contribution is 0.160. The lowest BCUT2D eigenvalue weighted by atomic mass is 9.97. The van der Waals surface area contributed by atoms with Crippen LogP contribution in [0.1, 0.15) is 37.4 Å². The second-order valence-electron chi connectivity index (χ2n) is 8.69. The molecule has 3 rings (SSSR count). The number of aryl methyl sites for hydroxylation is 1. The molecular weight excluding hydrogens is 368 g/mol. The molecule has 3 heterocycles. The summed E-state index contributed by atoms with van der Waals surface area (Å²) in [6.45, 7) is 16.8. The summed E-state index contributed by atoms with van der Waals surface area (Å²) in [4.78, 5) is 16.7. The number of hydrogen-bond acceptors (Lipinski definition) is 5. The second-order valence-corrected chi connectivity index (χ2v) is 9.75. The van der Waals surface area contributed by atoms with Crippen LogP contribution >= 0.6 is 11.3 Å². The minimum atomic E-state index is 0.743. The van der Waals surface area contributed by atoms with Gasteiger partial charge in [-0.05, 0) is 44.7 Å². The Balaban J connectivity index is 1.36. The highest BCUT2D eigenvalue weighted by Crippen LogP contribution is 2.19. The molecule has 0 unspecified atom stereocenters. The van der Waals surface area contributed by atoms with E-state index in [-0.39, 0.29) is 0 Å². The Labute approximate surface area is 175 Å². The van der Waals surface area contributed by atoms with Crippen LogP contribution in [0.2, 0.25) is 0 Å². The van der Waals surface area contributed by atoms with Crippen molar-refractivity contribution in [2.45, 2.75) is 40.2 Å². The molecule has 2 aliphatic rings. The van der Waals surface area contributed by atoms with Gasteiger partial charge in [-0.3, -0.25) is 14.8 Å². The zero-order valence-electron chi connectivity index (χ0n) is 18.2. The Morgan fingerprint density at radius 1 is 1.18 bits per heavy atom. The highest BCUT2D eigenvalue weighted by atomic mass is 32.1. The molecule has 2 saturated heterocycles. The standard InChI is InChI=1S/C21H38N6S/c1-17(2)14-26-9-11-27(12-10-26)21(22-4)23-13-19-5-7-25(8-6-19)15-20-16-28-18(3)24-20/h16-17,19H,5-15H2,1-4H3,(H,22,23). The predicted molar refractivity (Wildman–Crippen MR) is 119 cm³/mol. The molecule has 158 valence electrons. The Morgan fingerprint density at radius 2 is 1.89 bits per heavy atom. The molecule has 28 heavy (non-hydrogen) atoms. The van der Waals surface area contributed by atoms with Crippen molar-refractivity contribution in [1.82, 2.24) is 25.0 Å². The summed E-state index contributed by atoms with van der Waals surface area (Å²) >= 11 is 1.75. The van der Waals surface area contributed by atoms with Crippen molar-refractivity contribution < 1.29 is 0 Å². The molecule has 2 fully saturated rings. The van der Waals surface area contributed by atoms with Crippen molar-refractivity contribution in [2.75, 3.05) is 59.4 Å². The molecule has 0 aliphatic carbocycles. The molecule has 0 aromatic carbocycles. The van der Waals surface area contributed by atoms with Crippen molar-refractivity contribution in [1.29, 1.82) is 0 Å². The zero-order valence-corrected chi connectivity index (χ0v) is 19.0. The van der Waals surface area contributed by atoms with Crippen molar-refractivity contribution in [3.63, 3.8) is 0 Å². The number of nitrogens with zero attached hydrogens (tertiary/aromatic N) is 5. The van der Waals surface area contributed by atoms with E-state index in [1.165, 1.54) is 43.2 Å². The number of thiazole rings is 1. The van der Waals surface area contributed by atoms with E-state index in [1.807, 2.05) is 7.05 Å². The molecule has 0 spiro atoms. The minimum absolute atomic E-state index is 0.743. The van der Waals surface area contributed by atoms with Crippen molar-refractivity contribution >= 4 is 17.3 Å². The molecule has 0 saturated carbocycles. The summed E-state index contributed by atoms with van der Waals surface area (Å²) in [5.41, 5.74) is 1.23. The molecule has 1 aromatic rings. The maximum absolute atomic E-state index is 4.61. The largest absolute Gasteiger partial charge is 0.356 e. The number of nitrogens with one attached hydrogen (secondary N) is 1. The second kappa shape index (κ2) is 10.6. The van der Waals surface area contributed by atoms with Crippen molar-refractivity contribution in [2.24, 2.45) is 16.8 Å². The molecule has 1 aromatic heterocycles. The van der Waals surface area contributed by atoms with E-state index in [0.717, 1.165) is 57.1 Å². The Morgan fingerprint density at radius 3 is 2.46 bits per heavy atom. The first-order valence-corrected chi connectivity index (χ1v) is 11.7. The minimum Gasteiger partial charge on any atom is -0.356 e. The summed E-state index contributed by atoms with van der Waals surface area (Å²) in [6.07, 6.45) is 2.52. The number of aromatic nitrogens is 1. The SMILES string of the molecule is CN=C(NCC1CCN(Cc2csc(C)n2)CC1)N1CCN(CC(C)C)CC1. The maximum atomic E-state index is 4.61. The van der Waals surface area contributed by atoms with Crippen LogP contribution < -0.4 is 5.32 Å². The fraction of sp³-hybridized carbons (Fsp3) is 0.810. The van der Waals surface area contributed by atoms with E-state index in [1.54, 1.807) is 11.3 Å². The van der Waals surface area contributed by atoms with Crippen LogP contribution in [0.3, 0.4) is 0 Å². The Kier molecular flexibility index (Phi) is 8.11. The van der Waals surface area contributed by atoms with E-state index in [2.05, 4.69) is 56.1 Å². The van der Waals surface area contributed by atoms with Crippen LogP contribution in [-0.4, -0.2) is 85.0 Å². The van der Waals surface area contributed by atoms with Crippen LogP contribution in [0.4, 0.5) is 0 Å². The van der Waals surface area contributed by atoms with E-state index in [0.29, 0.717) is 0 Å². The number of aliphatic imine (C=N–C) groups is 1. The van der Waals surface area contributed by atoms with E-state index in [9.17, 15) is 0 Å². The molecule has 7 heteroatoms. The number of guanidine groups is 1. The van der Waals surface area contributed by atoms with Gasteiger partial charge in [0, 0.05) is 58.2 Å². The highest BCUT2D eigenvalue weighted by molar-refractivity contribution is 7.09. The van der Waals surface area contributed by atoms with Gasteiger partial charge in [0.2, 0.25) is 0 Å². The topological polar surface area (TPSA) is 47.0 Å². The first-order chi connectivity index (χ1) is 13.5. The van der Waals surface area contributed by atoms with E-state index >= 15 is 0 Å². The van der Waals surface area contributed by atoms with Crippen LogP contribution in [-0.2, 0) is 6.54 Å². The molecule has 0 amide bonds. The van der Waals surface area contributed by atoms with Gasteiger partial charge in [0.25, 0.3) is 0 Å². The first-order valence-electron chi connectivity index (χ1n) is 10.8. The summed E-state index contributed by atoms with van der Waals surface area (Å²) in [7, 11) is 1.92. The first kappa shape index (κ1) is 21.5. The summed E-state index contributed by atoms with van der Waals surface area (Å²) in [5.74, 6) is 2.58. The molecule has 2 aliphatic heterocycles. The summed E-state index contributed by atoms with van der Waals surface area (Å²) in [5, 5.41) is 7.03. The van der Waals surface area contributed by atoms with Gasteiger partial charge in [0.15, 0.2) is 5.96 Å². The molecular formula is C21H38N6S. The van der Waals surface area contributed by atoms with Gasteiger partial charge in [0.1, 0.15) is 0 Å². The quantitative estimate of drug-likeness (QED) is 0.581. The van der Waals surface area contributed by atoms with Crippen LogP contribution in [0, 0.1) is 18.8 Å².